The first kappa shape index (κ1) is 14.9. The number of benzene rings is 1. The third kappa shape index (κ3) is 3.27. The van der Waals surface area contributed by atoms with E-state index in [1.54, 1.807) is 18.2 Å². The van der Waals surface area contributed by atoms with Crippen LogP contribution in [0.5, 0.6) is 0 Å². The maximum absolute atomic E-state index is 8.76. The minimum atomic E-state index is 0.284. The van der Waals surface area contributed by atoms with Gasteiger partial charge < -0.3 is 0 Å². The minimum absolute atomic E-state index is 0.284. The van der Waals surface area contributed by atoms with Crippen molar-refractivity contribution in [2.45, 2.75) is 16.7 Å². The van der Waals surface area contributed by atoms with Gasteiger partial charge in [-0.25, -0.2) is 0 Å². The molecule has 0 atom stereocenters. The van der Waals surface area contributed by atoms with Crippen LogP contribution in [0.15, 0.2) is 65.3 Å². The van der Waals surface area contributed by atoms with Crippen LogP contribution >= 0.6 is 11.8 Å². The third-order valence-electron chi connectivity index (χ3n) is 3.01. The molecule has 0 saturated carbocycles. The minimum Gasteiger partial charge on any atom is -0.298 e. The van der Waals surface area contributed by atoms with Crippen LogP contribution in [0.25, 0.3) is 11.4 Å². The van der Waals surface area contributed by atoms with Gasteiger partial charge in [0, 0.05) is 12.1 Å². The van der Waals surface area contributed by atoms with Crippen LogP contribution in [0.4, 0.5) is 0 Å². The summed E-state index contributed by atoms with van der Waals surface area (Å²) in [6.07, 6.45) is 1.80. The van der Waals surface area contributed by atoms with Gasteiger partial charge in [0.25, 0.3) is 0 Å². The molecule has 6 nitrogen and oxygen atoms in total. The van der Waals surface area contributed by atoms with Crippen molar-refractivity contribution in [3.63, 3.8) is 0 Å². The monoisotopic (exact) mass is 320 g/mol. The van der Waals surface area contributed by atoms with Crippen LogP contribution in [0.3, 0.4) is 0 Å². The molecule has 3 aromatic rings. The van der Waals surface area contributed by atoms with Crippen molar-refractivity contribution in [1.82, 2.24) is 25.0 Å². The largest absolute Gasteiger partial charge is 0.298 e. The molecule has 0 spiro atoms. The molecule has 2 aromatic heterocycles. The number of nitriles is 1. The lowest BCUT2D eigenvalue weighted by molar-refractivity contribution is 0.729. The number of hydrogen-bond acceptors (Lipinski definition) is 6. The number of nitrogens with zero attached hydrogens (tertiary/aromatic N) is 6. The topological polar surface area (TPSA) is 80.3 Å². The molecule has 0 amide bonds. The van der Waals surface area contributed by atoms with Crippen molar-refractivity contribution >= 4 is 11.8 Å². The Morgan fingerprint density at radius 3 is 2.57 bits per heavy atom. The maximum Gasteiger partial charge on any atom is 0.198 e. The maximum atomic E-state index is 8.76. The van der Waals surface area contributed by atoms with Gasteiger partial charge in [0.1, 0.15) is 11.1 Å². The quantitative estimate of drug-likeness (QED) is 0.672. The SMILES string of the molecule is C=CCn1c(Sc2ccc(C#N)nn2)nnc1-c1ccccc1. The van der Waals surface area contributed by atoms with Crippen LogP contribution < -0.4 is 0 Å². The van der Waals surface area contributed by atoms with E-state index in [1.165, 1.54) is 11.8 Å². The summed E-state index contributed by atoms with van der Waals surface area (Å²) >= 11 is 1.35. The highest BCUT2D eigenvalue weighted by Gasteiger charge is 2.14. The second-order valence-electron chi connectivity index (χ2n) is 4.54. The summed E-state index contributed by atoms with van der Waals surface area (Å²) in [4.78, 5) is 0. The Labute approximate surface area is 137 Å². The van der Waals surface area contributed by atoms with Gasteiger partial charge in [-0.15, -0.1) is 27.0 Å². The molecule has 0 fully saturated rings. The molecular formula is C16H12N6S. The van der Waals surface area contributed by atoms with Crippen molar-refractivity contribution in [1.29, 1.82) is 5.26 Å². The van der Waals surface area contributed by atoms with E-state index in [0.29, 0.717) is 16.7 Å². The summed E-state index contributed by atoms with van der Waals surface area (Å²) in [6.45, 7) is 4.38. The molecule has 0 bridgehead atoms. The molecule has 2 heterocycles. The van der Waals surface area contributed by atoms with E-state index >= 15 is 0 Å². The van der Waals surface area contributed by atoms with E-state index in [1.807, 2.05) is 41.0 Å². The first-order valence-corrected chi connectivity index (χ1v) is 7.64. The highest BCUT2D eigenvalue weighted by molar-refractivity contribution is 7.99. The van der Waals surface area contributed by atoms with Crippen LogP contribution in [0.2, 0.25) is 0 Å². The molecule has 7 heteroatoms. The summed E-state index contributed by atoms with van der Waals surface area (Å²) in [7, 11) is 0. The molecule has 0 aliphatic carbocycles. The molecular weight excluding hydrogens is 308 g/mol. The van der Waals surface area contributed by atoms with E-state index in [-0.39, 0.29) is 5.69 Å². The summed E-state index contributed by atoms with van der Waals surface area (Å²) in [5.41, 5.74) is 1.27. The lowest BCUT2D eigenvalue weighted by Crippen LogP contribution is -2.00. The molecule has 3 rings (SSSR count). The molecule has 0 saturated heterocycles. The Morgan fingerprint density at radius 2 is 1.91 bits per heavy atom. The van der Waals surface area contributed by atoms with Crippen LogP contribution in [-0.4, -0.2) is 25.0 Å². The summed E-state index contributed by atoms with van der Waals surface area (Å²) in [5.74, 6) is 0.773. The standard InChI is InChI=1S/C16H12N6S/c1-2-10-22-15(12-6-4-3-5-7-12)20-21-16(22)23-14-9-8-13(11-17)18-19-14/h2-9H,1,10H2. The van der Waals surface area contributed by atoms with E-state index in [4.69, 9.17) is 5.26 Å². The van der Waals surface area contributed by atoms with Gasteiger partial charge in [-0.3, -0.25) is 4.57 Å². The Hall–Kier alpha value is -2.98. The number of aromatic nitrogens is 5. The van der Waals surface area contributed by atoms with E-state index in [2.05, 4.69) is 27.0 Å². The van der Waals surface area contributed by atoms with Gasteiger partial charge in [0.05, 0.1) is 0 Å². The van der Waals surface area contributed by atoms with Crippen molar-refractivity contribution < 1.29 is 0 Å². The van der Waals surface area contributed by atoms with Gasteiger partial charge in [-0.1, -0.05) is 36.4 Å². The first-order valence-electron chi connectivity index (χ1n) is 6.83. The van der Waals surface area contributed by atoms with E-state index < -0.39 is 0 Å². The Kier molecular flexibility index (Phi) is 4.45. The fourth-order valence-corrected chi connectivity index (χ4v) is 2.74. The molecule has 23 heavy (non-hydrogen) atoms. The van der Waals surface area contributed by atoms with E-state index in [0.717, 1.165) is 11.4 Å². The number of rotatable bonds is 5. The van der Waals surface area contributed by atoms with Crippen LogP contribution in [0, 0.1) is 11.3 Å². The lowest BCUT2D eigenvalue weighted by Gasteiger charge is -2.07. The lowest BCUT2D eigenvalue weighted by atomic mass is 10.2. The zero-order valence-electron chi connectivity index (χ0n) is 12.1. The first-order chi connectivity index (χ1) is 11.3. The van der Waals surface area contributed by atoms with Crippen molar-refractivity contribution in [2.24, 2.45) is 0 Å². The average molecular weight is 320 g/mol. The molecule has 0 N–H and O–H groups in total. The third-order valence-corrected chi connectivity index (χ3v) is 3.92. The van der Waals surface area contributed by atoms with Gasteiger partial charge in [0.2, 0.25) is 0 Å². The fraction of sp³-hybridized carbons (Fsp3) is 0.0625. The zero-order chi connectivity index (χ0) is 16.1. The Balaban J connectivity index is 1.94. The van der Waals surface area contributed by atoms with Gasteiger partial charge >= 0.3 is 0 Å². The Bertz CT molecular complexity index is 849. The Morgan fingerprint density at radius 1 is 1.09 bits per heavy atom. The summed E-state index contributed by atoms with van der Waals surface area (Å²) in [6, 6.07) is 15.2. The van der Waals surface area contributed by atoms with Crippen molar-refractivity contribution in [2.75, 3.05) is 0 Å². The highest BCUT2D eigenvalue weighted by Crippen LogP contribution is 2.28. The summed E-state index contributed by atoms with van der Waals surface area (Å²) < 4.78 is 1.97. The van der Waals surface area contributed by atoms with Crippen LogP contribution in [-0.2, 0) is 6.54 Å². The predicted octanol–water partition coefficient (Wildman–Crippen LogP) is 2.94. The normalized spacial score (nSPS) is 10.2. The second kappa shape index (κ2) is 6.85. The van der Waals surface area contributed by atoms with E-state index in [9.17, 15) is 0 Å². The van der Waals surface area contributed by atoms with Gasteiger partial charge in [-0.2, -0.15) is 5.26 Å². The summed E-state index contributed by atoms with van der Waals surface area (Å²) in [5, 5.41) is 26.5. The average Bonchev–Trinajstić information content (AvgIpc) is 2.99. The van der Waals surface area contributed by atoms with Crippen molar-refractivity contribution in [3.05, 3.63) is 60.8 Å². The number of hydrogen-bond donors (Lipinski definition) is 0. The van der Waals surface area contributed by atoms with Gasteiger partial charge in [0.15, 0.2) is 16.7 Å². The molecule has 0 unspecified atom stereocenters. The molecule has 112 valence electrons. The second-order valence-corrected chi connectivity index (χ2v) is 5.53. The molecule has 0 aliphatic heterocycles. The van der Waals surface area contributed by atoms with Crippen molar-refractivity contribution in [3.8, 4) is 17.5 Å². The van der Waals surface area contributed by atoms with Crippen LogP contribution in [0.1, 0.15) is 5.69 Å². The fourth-order valence-electron chi connectivity index (χ4n) is 1.99. The molecule has 1 aromatic carbocycles. The van der Waals surface area contributed by atoms with Gasteiger partial charge in [-0.05, 0) is 23.9 Å². The smallest absolute Gasteiger partial charge is 0.198 e. The number of allylic oxidation sites excluding steroid dienone is 1. The molecule has 0 aliphatic rings. The zero-order valence-corrected chi connectivity index (χ0v) is 12.9. The predicted molar refractivity (Wildman–Crippen MR) is 86.5 cm³/mol. The highest BCUT2D eigenvalue weighted by atomic mass is 32.2. The molecule has 0 radical (unpaired) electrons.